The van der Waals surface area contributed by atoms with Crippen molar-refractivity contribution in [3.05, 3.63) is 60.2 Å². The summed E-state index contributed by atoms with van der Waals surface area (Å²) in [5, 5.41) is 2.98. The predicted octanol–water partition coefficient (Wildman–Crippen LogP) is 2.50. The summed E-state index contributed by atoms with van der Waals surface area (Å²) >= 11 is 0. The van der Waals surface area contributed by atoms with Gasteiger partial charge in [-0.2, -0.15) is 4.98 Å². The zero-order valence-corrected chi connectivity index (χ0v) is 19.4. The Labute approximate surface area is 199 Å². The molecule has 1 N–H and O–H groups in total. The first-order chi connectivity index (χ1) is 16.7. The average Bonchev–Trinajstić information content (AvgIpc) is 3.33. The fourth-order valence-electron chi connectivity index (χ4n) is 4.75. The van der Waals surface area contributed by atoms with E-state index >= 15 is 0 Å². The van der Waals surface area contributed by atoms with E-state index in [0.717, 1.165) is 55.7 Å². The van der Waals surface area contributed by atoms with E-state index in [-0.39, 0.29) is 17.7 Å². The number of piperidine rings is 1. The summed E-state index contributed by atoms with van der Waals surface area (Å²) in [6.45, 7) is 5.26. The van der Waals surface area contributed by atoms with Gasteiger partial charge < -0.3 is 19.5 Å². The van der Waals surface area contributed by atoms with Crippen LogP contribution >= 0.6 is 0 Å². The number of nitrogens with one attached hydrogen (secondary N) is 1. The number of benzene rings is 2. The number of carbonyl (C=O) groups is 2. The summed E-state index contributed by atoms with van der Waals surface area (Å²) in [6, 6.07) is 18.3. The molecule has 2 aliphatic rings. The Morgan fingerprint density at radius 1 is 0.912 bits per heavy atom. The van der Waals surface area contributed by atoms with Crippen LogP contribution in [0.15, 0.2) is 59.0 Å². The summed E-state index contributed by atoms with van der Waals surface area (Å²) in [7, 11) is 0. The van der Waals surface area contributed by atoms with Crippen LogP contribution in [-0.2, 0) is 16.1 Å². The number of rotatable bonds is 6. The zero-order chi connectivity index (χ0) is 23.3. The maximum absolute atomic E-state index is 13.1. The molecule has 8 nitrogen and oxygen atoms in total. The van der Waals surface area contributed by atoms with Gasteiger partial charge in [-0.3, -0.25) is 14.5 Å². The normalized spacial score (nSPS) is 17.8. The topological polar surface area (TPSA) is 81.9 Å². The van der Waals surface area contributed by atoms with Crippen LogP contribution in [0.1, 0.15) is 18.4 Å². The molecule has 3 heterocycles. The van der Waals surface area contributed by atoms with Crippen molar-refractivity contribution in [1.29, 1.82) is 0 Å². The van der Waals surface area contributed by atoms with E-state index in [0.29, 0.717) is 32.2 Å². The standard InChI is InChI=1S/C26H31N5O3/c32-24(27-18-20-6-2-1-3-7-20)19-29-14-16-30(17-15-29)25(33)21-10-12-31(13-11-21)26-28-22-8-4-5-9-23(22)34-26/h1-9,21H,10-19H2,(H,27,32). The third-order valence-corrected chi connectivity index (χ3v) is 6.78. The monoisotopic (exact) mass is 461 g/mol. The number of aromatic nitrogens is 1. The maximum Gasteiger partial charge on any atom is 0.298 e. The van der Waals surface area contributed by atoms with E-state index in [9.17, 15) is 9.59 Å². The smallest absolute Gasteiger partial charge is 0.298 e. The Morgan fingerprint density at radius 3 is 2.35 bits per heavy atom. The van der Waals surface area contributed by atoms with Crippen LogP contribution in [0.4, 0.5) is 6.01 Å². The first kappa shape index (κ1) is 22.4. The molecule has 1 aromatic heterocycles. The molecule has 8 heteroatoms. The fourth-order valence-corrected chi connectivity index (χ4v) is 4.75. The molecule has 0 atom stereocenters. The second kappa shape index (κ2) is 10.3. The molecular weight excluding hydrogens is 430 g/mol. The lowest BCUT2D eigenvalue weighted by atomic mass is 9.95. The highest BCUT2D eigenvalue weighted by molar-refractivity contribution is 5.80. The van der Waals surface area contributed by atoms with Crippen LogP contribution < -0.4 is 10.2 Å². The quantitative estimate of drug-likeness (QED) is 0.608. The SMILES string of the molecule is O=C(CN1CCN(C(=O)C2CCN(c3nc4ccccc4o3)CC2)CC1)NCc1ccccc1. The number of amides is 2. The largest absolute Gasteiger partial charge is 0.423 e. The molecule has 5 rings (SSSR count). The minimum Gasteiger partial charge on any atom is -0.423 e. The molecule has 0 aliphatic carbocycles. The molecule has 34 heavy (non-hydrogen) atoms. The summed E-state index contributed by atoms with van der Waals surface area (Å²) < 4.78 is 5.89. The lowest BCUT2D eigenvalue weighted by Crippen LogP contribution is -2.53. The number of anilines is 1. The van der Waals surface area contributed by atoms with Crippen molar-refractivity contribution in [1.82, 2.24) is 20.1 Å². The summed E-state index contributed by atoms with van der Waals surface area (Å²) in [5.41, 5.74) is 2.75. The highest BCUT2D eigenvalue weighted by Crippen LogP contribution is 2.27. The third-order valence-electron chi connectivity index (χ3n) is 6.78. The van der Waals surface area contributed by atoms with Crippen molar-refractivity contribution in [2.24, 2.45) is 5.92 Å². The summed E-state index contributed by atoms with van der Waals surface area (Å²) in [4.78, 5) is 36.2. The number of piperazine rings is 1. The van der Waals surface area contributed by atoms with Crippen LogP contribution in [0, 0.1) is 5.92 Å². The van der Waals surface area contributed by atoms with Crippen molar-refractivity contribution in [2.75, 3.05) is 50.7 Å². The molecule has 0 unspecified atom stereocenters. The van der Waals surface area contributed by atoms with Gasteiger partial charge >= 0.3 is 0 Å². The lowest BCUT2D eigenvalue weighted by Gasteiger charge is -2.38. The van der Waals surface area contributed by atoms with E-state index in [1.54, 1.807) is 0 Å². The van der Waals surface area contributed by atoms with E-state index < -0.39 is 0 Å². The van der Waals surface area contributed by atoms with E-state index in [1.165, 1.54) is 0 Å². The molecule has 2 aromatic carbocycles. The molecule has 0 bridgehead atoms. The van der Waals surface area contributed by atoms with E-state index in [2.05, 4.69) is 20.1 Å². The van der Waals surface area contributed by atoms with E-state index in [1.807, 2.05) is 59.5 Å². The highest BCUT2D eigenvalue weighted by Gasteiger charge is 2.31. The second-order valence-electron chi connectivity index (χ2n) is 9.09. The number of nitrogens with zero attached hydrogens (tertiary/aromatic N) is 4. The molecule has 0 saturated carbocycles. The molecule has 0 radical (unpaired) electrons. The van der Waals surface area contributed by atoms with Gasteiger partial charge in [0.15, 0.2) is 5.58 Å². The molecule has 0 spiro atoms. The van der Waals surface area contributed by atoms with Crippen LogP contribution in [0.3, 0.4) is 0 Å². The maximum atomic E-state index is 13.1. The minimum absolute atomic E-state index is 0.0233. The van der Waals surface area contributed by atoms with Crippen LogP contribution in [-0.4, -0.2) is 72.4 Å². The van der Waals surface area contributed by atoms with Gasteiger partial charge in [0.2, 0.25) is 11.8 Å². The molecule has 2 saturated heterocycles. The van der Waals surface area contributed by atoms with Crippen molar-refractivity contribution >= 4 is 28.9 Å². The number of para-hydroxylation sites is 2. The van der Waals surface area contributed by atoms with Crippen LogP contribution in [0.25, 0.3) is 11.1 Å². The average molecular weight is 462 g/mol. The third kappa shape index (κ3) is 5.22. The first-order valence-electron chi connectivity index (χ1n) is 12.1. The van der Waals surface area contributed by atoms with Gasteiger partial charge in [0.1, 0.15) is 5.52 Å². The van der Waals surface area contributed by atoms with Gasteiger partial charge in [0.05, 0.1) is 6.54 Å². The summed E-state index contributed by atoms with van der Waals surface area (Å²) in [6.07, 6.45) is 1.61. The van der Waals surface area contributed by atoms with Crippen LogP contribution in [0.5, 0.6) is 0 Å². The molecular formula is C26H31N5O3. The molecule has 2 aliphatic heterocycles. The Bertz CT molecular complexity index is 1080. The van der Waals surface area contributed by atoms with Crippen molar-refractivity contribution in [3.8, 4) is 0 Å². The number of carbonyl (C=O) groups excluding carboxylic acids is 2. The van der Waals surface area contributed by atoms with Gasteiger partial charge in [0.25, 0.3) is 6.01 Å². The lowest BCUT2D eigenvalue weighted by molar-refractivity contribution is -0.138. The van der Waals surface area contributed by atoms with Gasteiger partial charge in [0, 0.05) is 51.7 Å². The zero-order valence-electron chi connectivity index (χ0n) is 19.4. The van der Waals surface area contributed by atoms with Crippen molar-refractivity contribution in [2.45, 2.75) is 19.4 Å². The Morgan fingerprint density at radius 2 is 1.62 bits per heavy atom. The first-order valence-corrected chi connectivity index (χ1v) is 12.1. The minimum atomic E-state index is 0.0233. The van der Waals surface area contributed by atoms with Gasteiger partial charge in [-0.05, 0) is 30.5 Å². The second-order valence-corrected chi connectivity index (χ2v) is 9.09. The van der Waals surface area contributed by atoms with Gasteiger partial charge in [-0.25, -0.2) is 0 Å². The highest BCUT2D eigenvalue weighted by atomic mass is 16.4. The van der Waals surface area contributed by atoms with Crippen LogP contribution in [0.2, 0.25) is 0 Å². The molecule has 3 aromatic rings. The van der Waals surface area contributed by atoms with Gasteiger partial charge in [-0.1, -0.05) is 42.5 Å². The number of hydrogen-bond donors (Lipinski definition) is 1. The molecule has 2 fully saturated rings. The van der Waals surface area contributed by atoms with Crippen molar-refractivity contribution in [3.63, 3.8) is 0 Å². The predicted molar refractivity (Wildman–Crippen MR) is 130 cm³/mol. The number of hydrogen-bond acceptors (Lipinski definition) is 6. The van der Waals surface area contributed by atoms with Gasteiger partial charge in [-0.15, -0.1) is 0 Å². The summed E-state index contributed by atoms with van der Waals surface area (Å²) in [5.74, 6) is 0.307. The fraction of sp³-hybridized carbons (Fsp3) is 0.423. The Hall–Kier alpha value is -3.39. The van der Waals surface area contributed by atoms with E-state index in [4.69, 9.17) is 4.42 Å². The molecule has 2 amide bonds. The van der Waals surface area contributed by atoms with Crippen molar-refractivity contribution < 1.29 is 14.0 Å². The molecule has 178 valence electrons. The number of oxazole rings is 1. The Balaban J connectivity index is 1.04. The number of fused-ring (bicyclic) bond motifs is 1. The Kier molecular flexibility index (Phi) is 6.76.